The first kappa shape index (κ1) is 17.6. The van der Waals surface area contributed by atoms with Crippen LogP contribution in [-0.2, 0) is 6.54 Å². The van der Waals surface area contributed by atoms with Gasteiger partial charge in [0, 0.05) is 45.3 Å². The van der Waals surface area contributed by atoms with E-state index in [1.165, 1.54) is 49.9 Å². The number of benzene rings is 1. The quantitative estimate of drug-likeness (QED) is 0.822. The van der Waals surface area contributed by atoms with Crippen molar-refractivity contribution in [3.05, 3.63) is 34.6 Å². The molecule has 4 rings (SSSR count). The lowest BCUT2D eigenvalue weighted by atomic mass is 9.94. The maximum absolute atomic E-state index is 12.5. The molecule has 0 atom stereocenters. The molecule has 0 N–H and O–H groups in total. The number of piperazine rings is 1. The molecule has 2 aliphatic rings. The Bertz CT molecular complexity index is 775. The summed E-state index contributed by atoms with van der Waals surface area (Å²) >= 11 is 0. The molecule has 26 heavy (non-hydrogen) atoms. The number of nitrogens with zero attached hydrogens (tertiary/aromatic N) is 5. The minimum absolute atomic E-state index is 0.0299. The minimum atomic E-state index is -0.0299. The molecule has 2 heterocycles. The van der Waals surface area contributed by atoms with Gasteiger partial charge in [0.25, 0.3) is 5.56 Å². The second-order valence-corrected chi connectivity index (χ2v) is 7.66. The largest absolute Gasteiger partial charge is 0.301 e. The summed E-state index contributed by atoms with van der Waals surface area (Å²) in [5.41, 5.74) is 0.644. The zero-order chi connectivity index (χ0) is 17.8. The Morgan fingerprint density at radius 2 is 1.73 bits per heavy atom. The Morgan fingerprint density at radius 1 is 0.962 bits per heavy atom. The average Bonchev–Trinajstić information content (AvgIpc) is 2.71. The highest BCUT2D eigenvalue weighted by Gasteiger charge is 2.24. The molecular formula is C20H29N5O. The summed E-state index contributed by atoms with van der Waals surface area (Å²) in [6, 6.07) is 8.25. The van der Waals surface area contributed by atoms with Gasteiger partial charge in [-0.1, -0.05) is 36.6 Å². The van der Waals surface area contributed by atoms with Crippen LogP contribution in [0.4, 0.5) is 0 Å². The fourth-order valence-electron chi connectivity index (χ4n) is 4.41. The molecule has 0 radical (unpaired) electrons. The van der Waals surface area contributed by atoms with Crippen LogP contribution in [0.25, 0.3) is 10.9 Å². The lowest BCUT2D eigenvalue weighted by molar-refractivity contribution is 0.0777. The van der Waals surface area contributed by atoms with Crippen LogP contribution >= 0.6 is 0 Å². The summed E-state index contributed by atoms with van der Waals surface area (Å²) in [6.45, 7) is 6.35. The molecule has 1 aromatic heterocycles. The number of fused-ring (bicyclic) bond motifs is 1. The average molecular weight is 355 g/mol. The van der Waals surface area contributed by atoms with E-state index in [1.54, 1.807) is 0 Å². The van der Waals surface area contributed by atoms with Gasteiger partial charge in [0.05, 0.1) is 5.39 Å². The normalized spacial score (nSPS) is 20.6. The third-order valence-electron chi connectivity index (χ3n) is 5.97. The van der Waals surface area contributed by atoms with Gasteiger partial charge < -0.3 is 4.90 Å². The van der Waals surface area contributed by atoms with Crippen LogP contribution in [-0.4, -0.2) is 63.6 Å². The Hall–Kier alpha value is -1.79. The molecule has 1 aliphatic carbocycles. The molecule has 1 saturated carbocycles. The van der Waals surface area contributed by atoms with Gasteiger partial charge in [-0.3, -0.25) is 9.69 Å². The van der Waals surface area contributed by atoms with Crippen molar-refractivity contribution in [3.63, 3.8) is 0 Å². The highest BCUT2D eigenvalue weighted by atomic mass is 16.1. The van der Waals surface area contributed by atoms with E-state index in [9.17, 15) is 4.79 Å². The number of aryl methyl sites for hydroxylation is 1. The first-order chi connectivity index (χ1) is 12.8. The summed E-state index contributed by atoms with van der Waals surface area (Å²) in [5.74, 6) is 0. The number of hydrogen-bond donors (Lipinski definition) is 0. The molecule has 1 aromatic carbocycles. The molecule has 0 spiro atoms. The van der Waals surface area contributed by atoms with Crippen LogP contribution in [0.5, 0.6) is 0 Å². The van der Waals surface area contributed by atoms with Crippen molar-refractivity contribution in [3.8, 4) is 0 Å². The van der Waals surface area contributed by atoms with E-state index in [4.69, 9.17) is 0 Å². The Balaban J connectivity index is 1.25. The van der Waals surface area contributed by atoms with Crippen LogP contribution in [0.3, 0.4) is 0 Å². The van der Waals surface area contributed by atoms with Crippen molar-refractivity contribution in [2.75, 3.05) is 32.7 Å². The molecule has 0 amide bonds. The molecule has 1 aliphatic heterocycles. The van der Waals surface area contributed by atoms with Crippen LogP contribution < -0.4 is 5.56 Å². The number of aromatic nitrogens is 3. The molecular weight excluding hydrogens is 326 g/mol. The van der Waals surface area contributed by atoms with E-state index in [1.807, 2.05) is 24.3 Å². The molecule has 2 fully saturated rings. The monoisotopic (exact) mass is 355 g/mol. The third kappa shape index (κ3) is 3.96. The maximum atomic E-state index is 12.5. The van der Waals surface area contributed by atoms with Gasteiger partial charge in [-0.15, -0.1) is 5.10 Å². The molecule has 6 heteroatoms. The molecule has 2 aromatic rings. The summed E-state index contributed by atoms with van der Waals surface area (Å²) in [5, 5.41) is 8.91. The van der Waals surface area contributed by atoms with Gasteiger partial charge in [0.1, 0.15) is 5.52 Å². The van der Waals surface area contributed by atoms with E-state index < -0.39 is 0 Å². The van der Waals surface area contributed by atoms with Crippen LogP contribution in [0.2, 0.25) is 0 Å². The lowest BCUT2D eigenvalue weighted by Crippen LogP contribution is -2.51. The first-order valence-electron chi connectivity index (χ1n) is 10.1. The molecule has 6 nitrogen and oxygen atoms in total. The van der Waals surface area contributed by atoms with E-state index in [2.05, 4.69) is 20.1 Å². The van der Waals surface area contributed by atoms with Crippen molar-refractivity contribution in [2.24, 2.45) is 0 Å². The fourth-order valence-corrected chi connectivity index (χ4v) is 4.41. The summed E-state index contributed by atoms with van der Waals surface area (Å²) < 4.78 is 1.51. The maximum Gasteiger partial charge on any atom is 0.277 e. The predicted octanol–water partition coefficient (Wildman–Crippen LogP) is 2.13. The zero-order valence-electron chi connectivity index (χ0n) is 15.5. The van der Waals surface area contributed by atoms with E-state index in [-0.39, 0.29) is 5.56 Å². The zero-order valence-corrected chi connectivity index (χ0v) is 15.5. The van der Waals surface area contributed by atoms with Gasteiger partial charge in [0.2, 0.25) is 0 Å². The summed E-state index contributed by atoms with van der Waals surface area (Å²) in [6.07, 6.45) is 7.97. The Labute approximate surface area is 154 Å². The van der Waals surface area contributed by atoms with Gasteiger partial charge in [-0.2, -0.15) is 0 Å². The van der Waals surface area contributed by atoms with Crippen molar-refractivity contribution >= 4 is 10.9 Å². The second kappa shape index (κ2) is 8.27. The van der Waals surface area contributed by atoms with Crippen molar-refractivity contribution in [1.82, 2.24) is 24.8 Å². The molecule has 140 valence electrons. The topological polar surface area (TPSA) is 54.3 Å². The van der Waals surface area contributed by atoms with Crippen LogP contribution in [0.15, 0.2) is 29.1 Å². The predicted molar refractivity (Wildman–Crippen MR) is 103 cm³/mol. The van der Waals surface area contributed by atoms with E-state index >= 15 is 0 Å². The first-order valence-corrected chi connectivity index (χ1v) is 10.1. The number of hydrogen-bond acceptors (Lipinski definition) is 5. The highest BCUT2D eigenvalue weighted by molar-refractivity contribution is 5.76. The van der Waals surface area contributed by atoms with E-state index in [0.717, 1.165) is 32.1 Å². The van der Waals surface area contributed by atoms with Crippen LogP contribution in [0.1, 0.15) is 38.5 Å². The van der Waals surface area contributed by atoms with Crippen molar-refractivity contribution in [1.29, 1.82) is 0 Å². The van der Waals surface area contributed by atoms with Gasteiger partial charge in [-0.25, -0.2) is 4.68 Å². The highest BCUT2D eigenvalue weighted by Crippen LogP contribution is 2.23. The van der Waals surface area contributed by atoms with Gasteiger partial charge in [0.15, 0.2) is 0 Å². The van der Waals surface area contributed by atoms with Gasteiger partial charge >= 0.3 is 0 Å². The Kier molecular flexibility index (Phi) is 5.60. The smallest absolute Gasteiger partial charge is 0.277 e. The van der Waals surface area contributed by atoms with E-state index in [0.29, 0.717) is 17.4 Å². The summed E-state index contributed by atoms with van der Waals surface area (Å²) in [7, 11) is 0. The summed E-state index contributed by atoms with van der Waals surface area (Å²) in [4.78, 5) is 17.7. The SMILES string of the molecule is O=c1c2ccccc2nnn1CCCN1CCN(C2CCCCC2)CC1. The molecule has 1 saturated heterocycles. The number of rotatable bonds is 5. The van der Waals surface area contributed by atoms with Crippen molar-refractivity contribution < 1.29 is 0 Å². The third-order valence-corrected chi connectivity index (χ3v) is 5.97. The standard InChI is InChI=1S/C20H29N5O/c26-20-18-9-4-5-10-19(18)21-22-25(20)12-6-11-23-13-15-24(16-14-23)17-7-2-1-3-8-17/h4-5,9-10,17H,1-3,6-8,11-16H2. The fraction of sp³-hybridized carbons (Fsp3) is 0.650. The second-order valence-electron chi connectivity index (χ2n) is 7.66. The molecule has 0 unspecified atom stereocenters. The van der Waals surface area contributed by atoms with Gasteiger partial charge in [-0.05, 0) is 31.4 Å². The molecule has 0 bridgehead atoms. The Morgan fingerprint density at radius 3 is 2.54 bits per heavy atom. The van der Waals surface area contributed by atoms with Crippen LogP contribution in [0, 0.1) is 0 Å². The minimum Gasteiger partial charge on any atom is -0.301 e. The van der Waals surface area contributed by atoms with Crippen molar-refractivity contribution in [2.45, 2.75) is 51.1 Å². The lowest BCUT2D eigenvalue weighted by Gasteiger charge is -2.40.